The van der Waals surface area contributed by atoms with Gasteiger partial charge in [-0.3, -0.25) is 9.59 Å². The normalized spacial score (nSPS) is 12.1. The van der Waals surface area contributed by atoms with E-state index in [-0.39, 0.29) is 30.3 Å². The molecule has 0 saturated carbocycles. The van der Waals surface area contributed by atoms with Crippen LogP contribution < -0.4 is 10.6 Å². The van der Waals surface area contributed by atoms with Crippen LogP contribution in [0, 0.1) is 5.41 Å². The Morgan fingerprint density at radius 1 is 0.920 bits per heavy atom. The average molecular weight is 359 g/mol. The van der Waals surface area contributed by atoms with E-state index in [2.05, 4.69) is 17.6 Å². The summed E-state index contributed by atoms with van der Waals surface area (Å²) in [4.78, 5) is 23.7. The van der Waals surface area contributed by atoms with Crippen molar-refractivity contribution >= 4 is 11.8 Å². The van der Waals surface area contributed by atoms with E-state index >= 15 is 0 Å². The number of amides is 2. The second-order valence-corrected chi connectivity index (χ2v) is 7.94. The number of hydrogen-bond acceptors (Lipinski definition) is 4. The fourth-order valence-corrected chi connectivity index (χ4v) is 2.28. The zero-order valence-electron chi connectivity index (χ0n) is 16.7. The number of aliphatic hydroxyl groups is 1. The maximum atomic E-state index is 12.0. The smallest absolute Gasteiger partial charge is 0.221 e. The van der Waals surface area contributed by atoms with Gasteiger partial charge in [0.2, 0.25) is 11.8 Å². The Bertz CT molecular complexity index is 389. The van der Waals surface area contributed by atoms with Crippen LogP contribution >= 0.6 is 0 Å². The van der Waals surface area contributed by atoms with Crippen LogP contribution in [0.25, 0.3) is 0 Å². The number of rotatable bonds is 14. The van der Waals surface area contributed by atoms with E-state index < -0.39 is 5.79 Å². The first-order chi connectivity index (χ1) is 11.6. The predicted molar refractivity (Wildman–Crippen MR) is 100 cm³/mol. The van der Waals surface area contributed by atoms with Gasteiger partial charge in [-0.15, -0.1) is 0 Å². The van der Waals surface area contributed by atoms with Gasteiger partial charge < -0.3 is 20.5 Å². The molecule has 0 rings (SSSR count). The summed E-state index contributed by atoms with van der Waals surface area (Å²) in [6, 6.07) is 0. The van der Waals surface area contributed by atoms with Crippen molar-refractivity contribution in [2.24, 2.45) is 5.41 Å². The molecular formula is C19H38N2O4. The minimum Gasteiger partial charge on any atom is -0.366 e. The average Bonchev–Trinajstić information content (AvgIpc) is 2.48. The number of carbonyl (C=O) groups excluding carboxylic acids is 2. The Labute approximate surface area is 153 Å². The third kappa shape index (κ3) is 16.1. The van der Waals surface area contributed by atoms with Gasteiger partial charge in [0.05, 0.1) is 6.61 Å². The fraction of sp³-hybridized carbons (Fsp3) is 0.895. The molecule has 6 nitrogen and oxygen atoms in total. The molecule has 2 amide bonds. The Morgan fingerprint density at radius 3 is 2.12 bits per heavy atom. The second kappa shape index (κ2) is 12.3. The summed E-state index contributed by atoms with van der Waals surface area (Å²) < 4.78 is 5.33. The fourth-order valence-electron chi connectivity index (χ4n) is 2.28. The molecule has 0 atom stereocenters. The SMILES string of the molecule is CCCCCCCNC(=O)CCNC(=O)CC(C)(C)COC(C)(C)O. The highest BCUT2D eigenvalue weighted by atomic mass is 16.6. The second-order valence-electron chi connectivity index (χ2n) is 7.94. The topological polar surface area (TPSA) is 87.7 Å². The van der Waals surface area contributed by atoms with Crippen LogP contribution in [0.2, 0.25) is 0 Å². The first kappa shape index (κ1) is 23.9. The molecule has 25 heavy (non-hydrogen) atoms. The summed E-state index contributed by atoms with van der Waals surface area (Å²) in [6.07, 6.45) is 6.41. The van der Waals surface area contributed by atoms with Crippen LogP contribution in [0.4, 0.5) is 0 Å². The largest absolute Gasteiger partial charge is 0.366 e. The van der Waals surface area contributed by atoms with Crippen molar-refractivity contribution in [1.29, 1.82) is 0 Å². The van der Waals surface area contributed by atoms with Crippen LogP contribution in [-0.2, 0) is 14.3 Å². The lowest BCUT2D eigenvalue weighted by molar-refractivity contribution is -0.192. The van der Waals surface area contributed by atoms with Gasteiger partial charge in [-0.05, 0) is 25.7 Å². The molecule has 0 radical (unpaired) electrons. The number of ether oxygens (including phenoxy) is 1. The molecule has 0 fully saturated rings. The molecule has 0 aliphatic heterocycles. The molecule has 0 saturated heterocycles. The van der Waals surface area contributed by atoms with Crippen LogP contribution in [0.15, 0.2) is 0 Å². The van der Waals surface area contributed by atoms with E-state index in [9.17, 15) is 14.7 Å². The van der Waals surface area contributed by atoms with E-state index in [1.807, 2.05) is 13.8 Å². The zero-order chi connectivity index (χ0) is 19.3. The molecule has 0 aliphatic rings. The molecular weight excluding hydrogens is 320 g/mol. The summed E-state index contributed by atoms with van der Waals surface area (Å²) >= 11 is 0. The number of unbranched alkanes of at least 4 members (excludes halogenated alkanes) is 4. The lowest BCUT2D eigenvalue weighted by atomic mass is 9.90. The Morgan fingerprint density at radius 2 is 1.52 bits per heavy atom. The lowest BCUT2D eigenvalue weighted by Crippen LogP contribution is -2.36. The van der Waals surface area contributed by atoms with Crippen molar-refractivity contribution in [3.63, 3.8) is 0 Å². The maximum absolute atomic E-state index is 12.0. The third-order valence-electron chi connectivity index (χ3n) is 3.73. The van der Waals surface area contributed by atoms with Crippen molar-refractivity contribution in [3.8, 4) is 0 Å². The van der Waals surface area contributed by atoms with Gasteiger partial charge in [-0.2, -0.15) is 0 Å². The lowest BCUT2D eigenvalue weighted by Gasteiger charge is -2.28. The number of hydrogen-bond donors (Lipinski definition) is 3. The van der Waals surface area contributed by atoms with Gasteiger partial charge in [0, 0.05) is 25.9 Å². The van der Waals surface area contributed by atoms with Gasteiger partial charge in [-0.1, -0.05) is 46.5 Å². The zero-order valence-corrected chi connectivity index (χ0v) is 16.7. The Kier molecular flexibility index (Phi) is 11.7. The van der Waals surface area contributed by atoms with Gasteiger partial charge in [0.1, 0.15) is 0 Å². The molecule has 3 N–H and O–H groups in total. The van der Waals surface area contributed by atoms with Gasteiger partial charge in [0.25, 0.3) is 0 Å². The van der Waals surface area contributed by atoms with E-state index in [1.165, 1.54) is 19.3 Å². The first-order valence-electron chi connectivity index (χ1n) is 9.45. The molecule has 0 aliphatic carbocycles. The summed E-state index contributed by atoms with van der Waals surface area (Å²) in [5, 5.41) is 15.2. The van der Waals surface area contributed by atoms with Gasteiger partial charge in [-0.25, -0.2) is 0 Å². The van der Waals surface area contributed by atoms with Crippen molar-refractivity contribution < 1.29 is 19.4 Å². The van der Waals surface area contributed by atoms with Crippen molar-refractivity contribution in [3.05, 3.63) is 0 Å². The maximum Gasteiger partial charge on any atom is 0.221 e. The molecule has 0 aromatic carbocycles. The van der Waals surface area contributed by atoms with Crippen LogP contribution in [-0.4, -0.2) is 42.4 Å². The van der Waals surface area contributed by atoms with E-state index in [0.717, 1.165) is 12.8 Å². The summed E-state index contributed by atoms with van der Waals surface area (Å²) in [5.74, 6) is -1.35. The van der Waals surface area contributed by atoms with Crippen LogP contribution in [0.1, 0.15) is 79.6 Å². The minimum absolute atomic E-state index is 0.0274. The van der Waals surface area contributed by atoms with E-state index in [0.29, 0.717) is 19.5 Å². The molecule has 0 bridgehead atoms. The van der Waals surface area contributed by atoms with Crippen LogP contribution in [0.3, 0.4) is 0 Å². The molecule has 0 heterocycles. The minimum atomic E-state index is -1.21. The Balaban J connectivity index is 3.79. The molecule has 0 aromatic rings. The van der Waals surface area contributed by atoms with Crippen molar-refractivity contribution in [2.75, 3.05) is 19.7 Å². The van der Waals surface area contributed by atoms with Crippen molar-refractivity contribution in [1.82, 2.24) is 10.6 Å². The number of carbonyl (C=O) groups is 2. The molecule has 0 aromatic heterocycles. The highest BCUT2D eigenvalue weighted by molar-refractivity contribution is 5.79. The standard InChI is InChI=1S/C19H38N2O4/c1-6-7-8-9-10-12-20-16(22)11-13-21-17(23)14-18(2,3)15-25-19(4,5)24/h24H,6-15H2,1-5H3,(H,20,22)(H,21,23). The monoisotopic (exact) mass is 358 g/mol. The van der Waals surface area contributed by atoms with Gasteiger partial charge in [0.15, 0.2) is 5.79 Å². The first-order valence-corrected chi connectivity index (χ1v) is 9.45. The summed E-state index contributed by atoms with van der Waals surface area (Å²) in [7, 11) is 0. The molecule has 0 unspecified atom stereocenters. The highest BCUT2D eigenvalue weighted by Crippen LogP contribution is 2.22. The van der Waals surface area contributed by atoms with Crippen molar-refractivity contribution in [2.45, 2.75) is 85.4 Å². The quantitative estimate of drug-likeness (QED) is 0.329. The highest BCUT2D eigenvalue weighted by Gasteiger charge is 2.25. The van der Waals surface area contributed by atoms with Crippen LogP contribution in [0.5, 0.6) is 0 Å². The Hall–Kier alpha value is -1.14. The number of nitrogens with one attached hydrogen (secondary N) is 2. The molecule has 6 heteroatoms. The van der Waals surface area contributed by atoms with E-state index in [4.69, 9.17) is 4.74 Å². The predicted octanol–water partition coefficient (Wildman–Crippen LogP) is 2.74. The van der Waals surface area contributed by atoms with E-state index in [1.54, 1.807) is 13.8 Å². The summed E-state index contributed by atoms with van der Waals surface area (Å²) in [6.45, 7) is 10.4. The summed E-state index contributed by atoms with van der Waals surface area (Å²) in [5.41, 5.74) is -0.384. The molecule has 0 spiro atoms. The third-order valence-corrected chi connectivity index (χ3v) is 3.73. The molecule has 148 valence electrons. The van der Waals surface area contributed by atoms with Gasteiger partial charge >= 0.3 is 0 Å².